The monoisotopic (exact) mass is 240 g/mol. The molecule has 17 heavy (non-hydrogen) atoms. The van der Waals surface area contributed by atoms with Crippen LogP contribution in [-0.4, -0.2) is 36.6 Å². The highest BCUT2D eigenvalue weighted by Crippen LogP contribution is 2.40. The van der Waals surface area contributed by atoms with Gasteiger partial charge in [0.2, 0.25) is 5.91 Å². The number of carbonyl (C=O) groups excluding carboxylic acids is 1. The predicted octanol–water partition coefficient (Wildman–Crippen LogP) is 0.357. The van der Waals surface area contributed by atoms with Gasteiger partial charge in [-0.2, -0.15) is 0 Å². The Morgan fingerprint density at radius 1 is 1.35 bits per heavy atom. The Morgan fingerprint density at radius 2 is 2.12 bits per heavy atom. The van der Waals surface area contributed by atoms with Gasteiger partial charge in [0.05, 0.1) is 11.3 Å². The van der Waals surface area contributed by atoms with E-state index < -0.39 is 11.4 Å². The molecule has 5 nitrogen and oxygen atoms in total. The highest BCUT2D eigenvalue weighted by molar-refractivity contribution is 5.81. The number of carboxylic acids is 1. The van der Waals surface area contributed by atoms with Crippen LogP contribution in [0.4, 0.5) is 0 Å². The minimum Gasteiger partial charge on any atom is -0.481 e. The number of carboxylic acid groups (broad SMARTS) is 1. The van der Waals surface area contributed by atoms with Crippen molar-refractivity contribution in [1.82, 2.24) is 10.6 Å². The van der Waals surface area contributed by atoms with E-state index >= 15 is 0 Å². The van der Waals surface area contributed by atoms with Crippen LogP contribution in [0, 0.1) is 11.3 Å². The molecular formula is C12H20N2O3. The van der Waals surface area contributed by atoms with Crippen molar-refractivity contribution >= 4 is 11.9 Å². The maximum Gasteiger partial charge on any atom is 0.311 e. The van der Waals surface area contributed by atoms with Crippen molar-refractivity contribution in [1.29, 1.82) is 0 Å². The van der Waals surface area contributed by atoms with Gasteiger partial charge in [-0.15, -0.1) is 0 Å². The number of hydrogen-bond acceptors (Lipinski definition) is 3. The molecule has 2 rings (SSSR count). The molecule has 0 aromatic heterocycles. The first kappa shape index (κ1) is 12.4. The number of amides is 1. The lowest BCUT2D eigenvalue weighted by molar-refractivity contribution is -0.154. The summed E-state index contributed by atoms with van der Waals surface area (Å²) in [6.45, 7) is 1.98. The molecule has 1 aliphatic heterocycles. The lowest BCUT2D eigenvalue weighted by Crippen LogP contribution is -2.50. The fourth-order valence-corrected chi connectivity index (χ4v) is 2.55. The number of carbonyl (C=O) groups is 2. The molecule has 1 saturated heterocycles. The van der Waals surface area contributed by atoms with Crippen molar-refractivity contribution in [3.63, 3.8) is 0 Å². The number of rotatable bonds is 4. The van der Waals surface area contributed by atoms with Crippen LogP contribution in [-0.2, 0) is 9.59 Å². The lowest BCUT2D eigenvalue weighted by atomic mass is 9.68. The van der Waals surface area contributed by atoms with Gasteiger partial charge in [0.1, 0.15) is 0 Å². The Hall–Kier alpha value is -1.10. The fraction of sp³-hybridized carbons (Fsp3) is 0.833. The van der Waals surface area contributed by atoms with Crippen molar-refractivity contribution in [3.05, 3.63) is 0 Å². The summed E-state index contributed by atoms with van der Waals surface area (Å²) in [5.74, 6) is -0.759. The molecule has 0 spiro atoms. The summed E-state index contributed by atoms with van der Waals surface area (Å²) in [5.41, 5.74) is -0.683. The molecule has 1 amide bonds. The number of aliphatic carboxylic acids is 1. The van der Waals surface area contributed by atoms with Crippen LogP contribution in [0.25, 0.3) is 0 Å². The molecule has 0 radical (unpaired) electrons. The van der Waals surface area contributed by atoms with E-state index in [4.69, 9.17) is 5.11 Å². The van der Waals surface area contributed by atoms with Gasteiger partial charge < -0.3 is 15.7 Å². The van der Waals surface area contributed by atoms with Crippen LogP contribution in [0.2, 0.25) is 0 Å². The molecule has 5 heteroatoms. The number of hydrogen-bond donors (Lipinski definition) is 3. The fourth-order valence-electron chi connectivity index (χ4n) is 2.55. The van der Waals surface area contributed by atoms with Crippen LogP contribution < -0.4 is 10.6 Å². The summed E-state index contributed by atoms with van der Waals surface area (Å²) in [7, 11) is 0. The molecule has 0 unspecified atom stereocenters. The molecule has 1 saturated carbocycles. The zero-order chi connectivity index (χ0) is 12.3. The van der Waals surface area contributed by atoms with Crippen molar-refractivity contribution in [2.75, 3.05) is 19.6 Å². The van der Waals surface area contributed by atoms with E-state index in [1.807, 2.05) is 0 Å². The molecule has 1 aliphatic carbocycles. The standard InChI is InChI=1S/C12H20N2O3/c15-10(9-3-1-6-13-7-9)14-8-12(11(16)17)4-2-5-12/h9,13H,1-8H2,(H,14,15)(H,16,17)/t9-/m0/s1. The predicted molar refractivity (Wildman–Crippen MR) is 62.5 cm³/mol. The lowest BCUT2D eigenvalue weighted by Gasteiger charge is -2.38. The molecule has 2 aliphatic rings. The first-order chi connectivity index (χ1) is 8.14. The van der Waals surface area contributed by atoms with E-state index in [-0.39, 0.29) is 18.4 Å². The minimum atomic E-state index is -0.772. The maximum atomic E-state index is 11.9. The molecular weight excluding hydrogens is 220 g/mol. The van der Waals surface area contributed by atoms with E-state index in [9.17, 15) is 9.59 Å². The van der Waals surface area contributed by atoms with Crippen molar-refractivity contribution in [2.24, 2.45) is 11.3 Å². The van der Waals surface area contributed by atoms with Crippen molar-refractivity contribution < 1.29 is 14.7 Å². The van der Waals surface area contributed by atoms with Crippen LogP contribution in [0.3, 0.4) is 0 Å². The minimum absolute atomic E-state index is 0.00438. The third-order valence-electron chi connectivity index (χ3n) is 4.03. The van der Waals surface area contributed by atoms with Gasteiger partial charge in [-0.1, -0.05) is 6.42 Å². The molecule has 2 fully saturated rings. The quantitative estimate of drug-likeness (QED) is 0.663. The van der Waals surface area contributed by atoms with Gasteiger partial charge in [-0.25, -0.2) is 0 Å². The first-order valence-corrected chi connectivity index (χ1v) is 6.36. The average Bonchev–Trinajstić information content (AvgIpc) is 2.28. The molecule has 1 heterocycles. The molecule has 0 bridgehead atoms. The van der Waals surface area contributed by atoms with Crippen LogP contribution in [0.15, 0.2) is 0 Å². The summed E-state index contributed by atoms with van der Waals surface area (Å²) >= 11 is 0. The van der Waals surface area contributed by atoms with Crippen LogP contribution in [0.5, 0.6) is 0 Å². The molecule has 0 aromatic carbocycles. The summed E-state index contributed by atoms with van der Waals surface area (Å²) in [6, 6.07) is 0. The summed E-state index contributed by atoms with van der Waals surface area (Å²) in [5, 5.41) is 15.1. The second-order valence-electron chi connectivity index (χ2n) is 5.20. The van der Waals surface area contributed by atoms with Gasteiger partial charge in [0, 0.05) is 13.1 Å². The van der Waals surface area contributed by atoms with E-state index in [2.05, 4.69) is 10.6 Å². The highest BCUT2D eigenvalue weighted by atomic mass is 16.4. The normalized spacial score (nSPS) is 26.9. The Kier molecular flexibility index (Phi) is 3.66. The first-order valence-electron chi connectivity index (χ1n) is 6.36. The summed E-state index contributed by atoms with van der Waals surface area (Å²) < 4.78 is 0. The van der Waals surface area contributed by atoms with Gasteiger partial charge in [-0.05, 0) is 32.2 Å². The molecule has 0 aromatic rings. The maximum absolute atomic E-state index is 11.9. The Balaban J connectivity index is 1.80. The molecule has 3 N–H and O–H groups in total. The Morgan fingerprint density at radius 3 is 2.59 bits per heavy atom. The Bertz CT molecular complexity index is 307. The van der Waals surface area contributed by atoms with Crippen LogP contribution in [0.1, 0.15) is 32.1 Å². The number of nitrogens with one attached hydrogen (secondary N) is 2. The van der Waals surface area contributed by atoms with E-state index in [1.165, 1.54) is 0 Å². The summed E-state index contributed by atoms with van der Waals surface area (Å²) in [4.78, 5) is 23.0. The second kappa shape index (κ2) is 5.04. The van der Waals surface area contributed by atoms with Gasteiger partial charge >= 0.3 is 5.97 Å². The summed E-state index contributed by atoms with van der Waals surface area (Å²) in [6.07, 6.45) is 4.24. The third kappa shape index (κ3) is 2.60. The average molecular weight is 240 g/mol. The molecule has 1 atom stereocenters. The van der Waals surface area contributed by atoms with E-state index in [0.717, 1.165) is 25.8 Å². The highest BCUT2D eigenvalue weighted by Gasteiger charge is 2.44. The number of piperidine rings is 1. The smallest absolute Gasteiger partial charge is 0.311 e. The van der Waals surface area contributed by atoms with E-state index in [1.54, 1.807) is 0 Å². The van der Waals surface area contributed by atoms with Crippen molar-refractivity contribution in [3.8, 4) is 0 Å². The topological polar surface area (TPSA) is 78.4 Å². The Labute approximate surface area is 101 Å². The van der Waals surface area contributed by atoms with Gasteiger partial charge in [-0.3, -0.25) is 9.59 Å². The van der Waals surface area contributed by atoms with Gasteiger partial charge in [0.15, 0.2) is 0 Å². The SMILES string of the molecule is O=C(NCC1(C(=O)O)CCC1)[C@H]1CCCNC1. The van der Waals surface area contributed by atoms with E-state index in [0.29, 0.717) is 19.4 Å². The van der Waals surface area contributed by atoms with Crippen molar-refractivity contribution in [2.45, 2.75) is 32.1 Å². The van der Waals surface area contributed by atoms with Crippen LogP contribution >= 0.6 is 0 Å². The third-order valence-corrected chi connectivity index (χ3v) is 4.03. The second-order valence-corrected chi connectivity index (χ2v) is 5.20. The zero-order valence-corrected chi connectivity index (χ0v) is 10.00. The van der Waals surface area contributed by atoms with Gasteiger partial charge in [0.25, 0.3) is 0 Å². The molecule has 96 valence electrons. The zero-order valence-electron chi connectivity index (χ0n) is 10.00. The largest absolute Gasteiger partial charge is 0.481 e.